The topological polar surface area (TPSA) is 82.1 Å². The number of Topliss-reactive ketones (excluding diaryl/α,β-unsaturated/α-hetero) is 1. The molecule has 0 rings (SSSR count). The van der Waals surface area contributed by atoms with Crippen LogP contribution in [0.25, 0.3) is 0 Å². The van der Waals surface area contributed by atoms with E-state index in [9.17, 15) is 9.59 Å². The molecule has 0 aliphatic rings. The van der Waals surface area contributed by atoms with Gasteiger partial charge in [0.15, 0.2) is 28.0 Å². The van der Waals surface area contributed by atoms with E-state index in [4.69, 9.17) is 18.7 Å². The molecular formula is C19H40O6Si2. The number of carbonyl (C=O) groups is 2. The van der Waals surface area contributed by atoms with Crippen molar-refractivity contribution in [1.29, 1.82) is 0 Å². The van der Waals surface area contributed by atoms with Crippen LogP contribution in [0.4, 0.5) is 0 Å². The normalized spacial score (nSPS) is 16.1. The van der Waals surface area contributed by atoms with Crippen molar-refractivity contribution in [3.8, 4) is 0 Å². The third-order valence-corrected chi connectivity index (χ3v) is 10.1. The lowest BCUT2D eigenvalue weighted by atomic mass is 9.81. The summed E-state index contributed by atoms with van der Waals surface area (Å²) in [4.78, 5) is 24.3. The Labute approximate surface area is 167 Å². The van der Waals surface area contributed by atoms with Crippen LogP contribution in [0.1, 0.15) is 41.5 Å². The molecule has 6 nitrogen and oxygen atoms in total. The fourth-order valence-corrected chi connectivity index (χ4v) is 4.77. The number of rotatable bonds is 10. The number of carbonyl (C=O) groups excluding carboxylic acids is 1. The number of ether oxygens (including phenoxy) is 1. The van der Waals surface area contributed by atoms with Gasteiger partial charge in [-0.15, -0.1) is 0 Å². The average molecular weight is 421 g/mol. The highest BCUT2D eigenvalue weighted by molar-refractivity contribution is 6.74. The molecule has 0 aliphatic heterocycles. The molecule has 160 valence electrons. The van der Waals surface area contributed by atoms with Gasteiger partial charge in [0.1, 0.15) is 6.61 Å². The summed E-state index contributed by atoms with van der Waals surface area (Å²) in [5, 5.41) is 8.92. The Morgan fingerprint density at radius 2 is 1.37 bits per heavy atom. The molecule has 0 aliphatic carbocycles. The van der Waals surface area contributed by atoms with Crippen LogP contribution in [0.5, 0.6) is 0 Å². The lowest BCUT2D eigenvalue weighted by Gasteiger charge is -2.44. The van der Waals surface area contributed by atoms with Crippen molar-refractivity contribution < 1.29 is 28.3 Å². The van der Waals surface area contributed by atoms with Crippen LogP contribution in [0.2, 0.25) is 37.8 Å². The summed E-state index contributed by atoms with van der Waals surface area (Å²) in [6.45, 7) is 21.6. The first-order chi connectivity index (χ1) is 11.7. The van der Waals surface area contributed by atoms with E-state index in [2.05, 4.69) is 33.9 Å². The molecule has 0 spiro atoms. The molecule has 0 bridgehead atoms. The highest BCUT2D eigenvalue weighted by Gasteiger charge is 2.50. The second-order valence-corrected chi connectivity index (χ2v) is 20.0. The van der Waals surface area contributed by atoms with E-state index in [0.29, 0.717) is 0 Å². The van der Waals surface area contributed by atoms with E-state index in [0.717, 1.165) is 0 Å². The van der Waals surface area contributed by atoms with Gasteiger partial charge in [0.05, 0.1) is 13.2 Å². The highest BCUT2D eigenvalue weighted by Crippen LogP contribution is 2.38. The quantitative estimate of drug-likeness (QED) is 0.530. The van der Waals surface area contributed by atoms with Gasteiger partial charge in [-0.25, -0.2) is 4.79 Å². The lowest BCUT2D eigenvalue weighted by Crippen LogP contribution is -2.60. The lowest BCUT2D eigenvalue weighted by molar-refractivity contribution is -0.159. The Kier molecular flexibility index (Phi) is 8.68. The van der Waals surface area contributed by atoms with Crippen LogP contribution in [0, 0.1) is 5.41 Å². The Morgan fingerprint density at radius 1 is 0.889 bits per heavy atom. The van der Waals surface area contributed by atoms with Crippen LogP contribution in [-0.4, -0.2) is 58.9 Å². The number of aliphatic carboxylic acids is 1. The Balaban J connectivity index is 5.95. The zero-order valence-electron chi connectivity index (χ0n) is 19.1. The number of carboxylic acids is 1. The van der Waals surface area contributed by atoms with E-state index in [1.807, 2.05) is 40.4 Å². The fraction of sp³-hybridized carbons (Fsp3) is 0.895. The predicted octanol–water partition coefficient (Wildman–Crippen LogP) is 4.31. The van der Waals surface area contributed by atoms with E-state index in [1.54, 1.807) is 0 Å². The molecule has 0 saturated carbocycles. The molecule has 1 N–H and O–H groups in total. The Bertz CT molecular complexity index is 526. The molecule has 0 radical (unpaired) electrons. The summed E-state index contributed by atoms with van der Waals surface area (Å²) in [6, 6.07) is 0. The standard InChI is InChI=1S/C19H40O6Si2/c1-17(2,3)16(22)19(25-26(7,8)9,13-23-12-15(20)21)14-24-27(10,11)18(4,5)6/h12-14H2,1-11H3,(H,20,21). The van der Waals surface area contributed by atoms with Gasteiger partial charge in [0.25, 0.3) is 0 Å². The first-order valence-electron chi connectivity index (χ1n) is 9.42. The SMILES string of the molecule is CC(C)(C)C(=O)C(COCC(=O)O)(CO[Si](C)(C)C(C)(C)C)O[Si](C)(C)C. The van der Waals surface area contributed by atoms with Gasteiger partial charge in [-0.05, 0) is 37.8 Å². The summed E-state index contributed by atoms with van der Waals surface area (Å²) < 4.78 is 18.1. The maximum atomic E-state index is 13.4. The van der Waals surface area contributed by atoms with Gasteiger partial charge in [0.2, 0.25) is 0 Å². The third-order valence-electron chi connectivity index (χ3n) is 4.63. The molecular weight excluding hydrogens is 380 g/mol. The van der Waals surface area contributed by atoms with E-state index in [1.165, 1.54) is 0 Å². The molecule has 27 heavy (non-hydrogen) atoms. The average Bonchev–Trinajstić information content (AvgIpc) is 2.39. The predicted molar refractivity (Wildman–Crippen MR) is 113 cm³/mol. The fourth-order valence-electron chi connectivity index (χ4n) is 2.36. The van der Waals surface area contributed by atoms with Gasteiger partial charge < -0.3 is 18.7 Å². The second-order valence-electron chi connectivity index (χ2n) is 10.7. The van der Waals surface area contributed by atoms with Crippen molar-refractivity contribution in [2.24, 2.45) is 5.41 Å². The van der Waals surface area contributed by atoms with Crippen LogP contribution < -0.4 is 0 Å². The molecule has 0 aromatic heterocycles. The molecule has 0 saturated heterocycles. The Hall–Kier alpha value is -0.546. The van der Waals surface area contributed by atoms with Crippen molar-refractivity contribution in [3.63, 3.8) is 0 Å². The number of ketones is 1. The largest absolute Gasteiger partial charge is 0.480 e. The molecule has 0 aromatic rings. The second kappa shape index (κ2) is 8.86. The number of carboxylic acid groups (broad SMARTS) is 1. The van der Waals surface area contributed by atoms with E-state index in [-0.39, 0.29) is 24.0 Å². The Morgan fingerprint density at radius 3 is 1.70 bits per heavy atom. The molecule has 0 aromatic carbocycles. The summed E-state index contributed by atoms with van der Waals surface area (Å²) in [5.41, 5.74) is -1.99. The maximum absolute atomic E-state index is 13.4. The minimum atomic E-state index is -2.17. The van der Waals surface area contributed by atoms with Gasteiger partial charge in [0, 0.05) is 5.41 Å². The first kappa shape index (κ1) is 26.5. The van der Waals surface area contributed by atoms with E-state index >= 15 is 0 Å². The van der Waals surface area contributed by atoms with Crippen molar-refractivity contribution in [2.75, 3.05) is 19.8 Å². The van der Waals surface area contributed by atoms with Crippen LogP contribution >= 0.6 is 0 Å². The summed E-state index contributed by atoms with van der Waals surface area (Å²) in [7, 11) is -4.31. The van der Waals surface area contributed by atoms with Gasteiger partial charge in [-0.3, -0.25) is 4.79 Å². The third kappa shape index (κ3) is 8.56. The zero-order valence-corrected chi connectivity index (χ0v) is 21.1. The van der Waals surface area contributed by atoms with Crippen molar-refractivity contribution in [3.05, 3.63) is 0 Å². The first-order valence-corrected chi connectivity index (χ1v) is 15.7. The monoisotopic (exact) mass is 420 g/mol. The minimum absolute atomic E-state index is 0.0232. The smallest absolute Gasteiger partial charge is 0.329 e. The van der Waals surface area contributed by atoms with Crippen molar-refractivity contribution in [2.45, 2.75) is 84.9 Å². The highest BCUT2D eigenvalue weighted by atomic mass is 28.4. The van der Waals surface area contributed by atoms with Gasteiger partial charge >= 0.3 is 5.97 Å². The molecule has 0 amide bonds. The van der Waals surface area contributed by atoms with Crippen LogP contribution in [0.3, 0.4) is 0 Å². The number of hydrogen-bond donors (Lipinski definition) is 1. The summed E-state index contributed by atoms with van der Waals surface area (Å²) >= 11 is 0. The molecule has 1 unspecified atom stereocenters. The number of hydrogen-bond acceptors (Lipinski definition) is 5. The zero-order chi connectivity index (χ0) is 21.9. The molecule has 8 heteroatoms. The van der Waals surface area contributed by atoms with Crippen LogP contribution in [0.15, 0.2) is 0 Å². The van der Waals surface area contributed by atoms with Gasteiger partial charge in [-0.1, -0.05) is 41.5 Å². The minimum Gasteiger partial charge on any atom is -0.480 e. The van der Waals surface area contributed by atoms with Crippen molar-refractivity contribution in [1.82, 2.24) is 0 Å². The molecule has 0 fully saturated rings. The molecule has 0 heterocycles. The maximum Gasteiger partial charge on any atom is 0.329 e. The molecule has 1 atom stereocenters. The van der Waals surface area contributed by atoms with Crippen molar-refractivity contribution >= 4 is 28.4 Å². The summed E-state index contributed by atoms with van der Waals surface area (Å²) in [6.07, 6.45) is 0. The van der Waals surface area contributed by atoms with E-state index < -0.39 is 40.2 Å². The van der Waals surface area contributed by atoms with Crippen LogP contribution in [-0.2, 0) is 23.2 Å². The summed E-state index contributed by atoms with van der Waals surface area (Å²) in [5.74, 6) is -1.20. The van der Waals surface area contributed by atoms with Gasteiger partial charge in [-0.2, -0.15) is 0 Å².